The van der Waals surface area contributed by atoms with Gasteiger partial charge in [-0.15, -0.1) is 11.3 Å². The Labute approximate surface area is 161 Å². The average molecular weight is 396 g/mol. The molecule has 0 unspecified atom stereocenters. The molecular weight excluding hydrogens is 374 g/mol. The largest absolute Gasteiger partial charge is 0.444 e. The van der Waals surface area contributed by atoms with Gasteiger partial charge in [0.15, 0.2) is 0 Å². The molecule has 1 heterocycles. The number of benzene rings is 1. The molecule has 8 heteroatoms. The fraction of sp³-hybridized carbons (Fsp3) is 0.389. The number of amides is 2. The highest BCUT2D eigenvalue weighted by Gasteiger charge is 2.16. The number of ether oxygens (including phenoxy) is 1. The van der Waals surface area contributed by atoms with Crippen molar-refractivity contribution in [1.29, 1.82) is 0 Å². The van der Waals surface area contributed by atoms with Crippen LogP contribution in [0.1, 0.15) is 37.7 Å². The second kappa shape index (κ2) is 9.00. The molecule has 26 heavy (non-hydrogen) atoms. The standard InChI is InChI=1S/C18H22ClN3O3S/c1-18(2,3)25-17(24)21-10-6-9-20-15(23)14-11-26-16(22-14)12-7-4-5-8-13(12)19/h4-5,7-8,11H,6,9-10H2,1-3H3,(H,20,23)(H,21,24). The van der Waals surface area contributed by atoms with Crippen molar-refractivity contribution in [2.45, 2.75) is 32.8 Å². The number of nitrogens with zero attached hydrogens (tertiary/aromatic N) is 1. The first-order chi connectivity index (χ1) is 12.3. The lowest BCUT2D eigenvalue weighted by Gasteiger charge is -2.19. The first-order valence-corrected chi connectivity index (χ1v) is 9.47. The first kappa shape index (κ1) is 20.2. The van der Waals surface area contributed by atoms with Crippen LogP contribution in [0, 0.1) is 0 Å². The third-order valence-corrected chi connectivity index (χ3v) is 4.35. The molecule has 0 spiro atoms. The number of carbonyl (C=O) groups is 2. The van der Waals surface area contributed by atoms with Crippen LogP contribution in [-0.4, -0.2) is 35.7 Å². The maximum atomic E-state index is 12.1. The molecule has 0 aliphatic carbocycles. The summed E-state index contributed by atoms with van der Waals surface area (Å²) in [7, 11) is 0. The monoisotopic (exact) mass is 395 g/mol. The molecule has 0 bridgehead atoms. The summed E-state index contributed by atoms with van der Waals surface area (Å²) in [6.07, 6.45) is 0.125. The van der Waals surface area contributed by atoms with E-state index >= 15 is 0 Å². The molecule has 140 valence electrons. The molecule has 2 rings (SSSR count). The SMILES string of the molecule is CC(C)(C)OC(=O)NCCCNC(=O)c1csc(-c2ccccc2Cl)n1. The summed E-state index contributed by atoms with van der Waals surface area (Å²) in [4.78, 5) is 28.0. The van der Waals surface area contributed by atoms with Crippen molar-refractivity contribution in [2.75, 3.05) is 13.1 Å². The van der Waals surface area contributed by atoms with E-state index in [9.17, 15) is 9.59 Å². The molecule has 6 nitrogen and oxygen atoms in total. The smallest absolute Gasteiger partial charge is 0.407 e. The summed E-state index contributed by atoms with van der Waals surface area (Å²) in [5.41, 5.74) is 0.632. The zero-order valence-electron chi connectivity index (χ0n) is 15.0. The first-order valence-electron chi connectivity index (χ1n) is 8.22. The molecule has 2 aromatic rings. The number of thiazole rings is 1. The van der Waals surface area contributed by atoms with Gasteiger partial charge in [0, 0.05) is 24.0 Å². The number of nitrogens with one attached hydrogen (secondary N) is 2. The normalized spacial score (nSPS) is 11.1. The van der Waals surface area contributed by atoms with Crippen LogP contribution in [0.2, 0.25) is 5.02 Å². The lowest BCUT2D eigenvalue weighted by molar-refractivity contribution is 0.0527. The highest BCUT2D eigenvalue weighted by atomic mass is 35.5. The summed E-state index contributed by atoms with van der Waals surface area (Å²) in [5.74, 6) is -0.253. The summed E-state index contributed by atoms with van der Waals surface area (Å²) >= 11 is 7.52. The van der Waals surface area contributed by atoms with Gasteiger partial charge >= 0.3 is 6.09 Å². The Balaban J connectivity index is 1.76. The van der Waals surface area contributed by atoms with Gasteiger partial charge in [0.2, 0.25) is 0 Å². The Morgan fingerprint density at radius 2 is 1.88 bits per heavy atom. The Bertz CT molecular complexity index is 771. The van der Waals surface area contributed by atoms with Gasteiger partial charge in [-0.1, -0.05) is 29.8 Å². The van der Waals surface area contributed by atoms with E-state index < -0.39 is 11.7 Å². The van der Waals surface area contributed by atoms with Crippen LogP contribution >= 0.6 is 22.9 Å². The number of hydrogen-bond acceptors (Lipinski definition) is 5. The van der Waals surface area contributed by atoms with E-state index in [-0.39, 0.29) is 5.91 Å². The molecule has 0 atom stereocenters. The highest BCUT2D eigenvalue weighted by Crippen LogP contribution is 2.29. The van der Waals surface area contributed by atoms with Crippen LogP contribution in [0.25, 0.3) is 10.6 Å². The Hall–Kier alpha value is -2.12. The van der Waals surface area contributed by atoms with E-state index in [1.54, 1.807) is 32.2 Å². The van der Waals surface area contributed by atoms with Crippen LogP contribution in [0.5, 0.6) is 0 Å². The van der Waals surface area contributed by atoms with Gasteiger partial charge in [0.05, 0.1) is 5.02 Å². The molecule has 2 amide bonds. The van der Waals surface area contributed by atoms with Gasteiger partial charge in [-0.2, -0.15) is 0 Å². The van der Waals surface area contributed by atoms with E-state index in [4.69, 9.17) is 16.3 Å². The maximum Gasteiger partial charge on any atom is 0.407 e. The number of rotatable bonds is 6. The third-order valence-electron chi connectivity index (χ3n) is 3.15. The Morgan fingerprint density at radius 1 is 1.19 bits per heavy atom. The molecule has 0 saturated heterocycles. The zero-order valence-corrected chi connectivity index (χ0v) is 16.5. The van der Waals surface area contributed by atoms with Gasteiger partial charge in [-0.25, -0.2) is 9.78 Å². The molecular formula is C18H22ClN3O3S. The van der Waals surface area contributed by atoms with E-state index in [1.807, 2.05) is 18.2 Å². The topological polar surface area (TPSA) is 80.3 Å². The van der Waals surface area contributed by atoms with Crippen molar-refractivity contribution >= 4 is 34.9 Å². The van der Waals surface area contributed by atoms with Crippen LogP contribution in [0.15, 0.2) is 29.6 Å². The minimum atomic E-state index is -0.526. The van der Waals surface area contributed by atoms with Gasteiger partial charge in [0.25, 0.3) is 5.91 Å². The molecule has 1 aromatic carbocycles. The predicted molar refractivity (Wildman–Crippen MR) is 104 cm³/mol. The molecule has 0 aliphatic heterocycles. The highest BCUT2D eigenvalue weighted by molar-refractivity contribution is 7.13. The minimum absolute atomic E-state index is 0.253. The fourth-order valence-electron chi connectivity index (χ4n) is 2.02. The summed E-state index contributed by atoms with van der Waals surface area (Å²) in [6.45, 7) is 6.25. The average Bonchev–Trinajstić information content (AvgIpc) is 3.03. The van der Waals surface area contributed by atoms with Crippen molar-refractivity contribution in [3.05, 3.63) is 40.4 Å². The van der Waals surface area contributed by atoms with Gasteiger partial charge in [0.1, 0.15) is 16.3 Å². The molecule has 0 aliphatic rings. The van der Waals surface area contributed by atoms with Crippen molar-refractivity contribution in [2.24, 2.45) is 0 Å². The van der Waals surface area contributed by atoms with Crippen LogP contribution < -0.4 is 10.6 Å². The minimum Gasteiger partial charge on any atom is -0.444 e. The molecule has 0 saturated carbocycles. The summed E-state index contributed by atoms with van der Waals surface area (Å²) in [5, 5.41) is 8.43. The van der Waals surface area contributed by atoms with E-state index in [1.165, 1.54) is 11.3 Å². The second-order valence-corrected chi connectivity index (χ2v) is 7.82. The molecule has 0 radical (unpaired) electrons. The maximum absolute atomic E-state index is 12.1. The predicted octanol–water partition coefficient (Wildman–Crippen LogP) is 4.11. The van der Waals surface area contributed by atoms with Crippen molar-refractivity contribution in [1.82, 2.24) is 15.6 Å². The Kier molecular flexibility index (Phi) is 6.99. The van der Waals surface area contributed by atoms with Crippen molar-refractivity contribution in [3.8, 4) is 10.6 Å². The number of aromatic nitrogens is 1. The van der Waals surface area contributed by atoms with Gasteiger partial charge in [-0.05, 0) is 33.3 Å². The summed E-state index contributed by atoms with van der Waals surface area (Å²) in [6, 6.07) is 7.37. The van der Waals surface area contributed by atoms with E-state index in [2.05, 4.69) is 15.6 Å². The van der Waals surface area contributed by atoms with Crippen molar-refractivity contribution in [3.63, 3.8) is 0 Å². The quantitative estimate of drug-likeness (QED) is 0.721. The van der Waals surface area contributed by atoms with Crippen LogP contribution in [-0.2, 0) is 4.74 Å². The van der Waals surface area contributed by atoms with Crippen LogP contribution in [0.3, 0.4) is 0 Å². The lowest BCUT2D eigenvalue weighted by Crippen LogP contribution is -2.34. The zero-order chi connectivity index (χ0) is 19.2. The number of alkyl carbamates (subject to hydrolysis) is 1. The van der Waals surface area contributed by atoms with Gasteiger partial charge < -0.3 is 15.4 Å². The van der Waals surface area contributed by atoms with Crippen molar-refractivity contribution < 1.29 is 14.3 Å². The number of hydrogen-bond donors (Lipinski definition) is 2. The number of carbonyl (C=O) groups excluding carboxylic acids is 2. The van der Waals surface area contributed by atoms with E-state index in [0.29, 0.717) is 35.2 Å². The number of halogens is 1. The third kappa shape index (κ3) is 6.31. The molecule has 1 aromatic heterocycles. The lowest BCUT2D eigenvalue weighted by atomic mass is 10.2. The van der Waals surface area contributed by atoms with Crippen LogP contribution in [0.4, 0.5) is 4.79 Å². The second-order valence-electron chi connectivity index (χ2n) is 6.56. The summed E-state index contributed by atoms with van der Waals surface area (Å²) < 4.78 is 5.13. The Morgan fingerprint density at radius 3 is 2.58 bits per heavy atom. The molecule has 0 fully saturated rings. The van der Waals surface area contributed by atoms with E-state index in [0.717, 1.165) is 5.56 Å². The fourth-order valence-corrected chi connectivity index (χ4v) is 3.14. The van der Waals surface area contributed by atoms with Gasteiger partial charge in [-0.3, -0.25) is 4.79 Å². The molecule has 2 N–H and O–H groups in total.